The van der Waals surface area contributed by atoms with E-state index in [-0.39, 0.29) is 5.82 Å². The van der Waals surface area contributed by atoms with E-state index in [1.54, 1.807) is 18.3 Å². The first-order valence-electron chi connectivity index (χ1n) is 7.44. The molecule has 3 rings (SSSR count). The highest BCUT2D eigenvalue weighted by atomic mass is 19.1. The van der Waals surface area contributed by atoms with Gasteiger partial charge in [-0.15, -0.1) is 0 Å². The number of nitrogens with zero attached hydrogens (tertiary/aromatic N) is 2. The number of anilines is 1. The van der Waals surface area contributed by atoms with Crippen LogP contribution >= 0.6 is 0 Å². The molecule has 0 aliphatic heterocycles. The van der Waals surface area contributed by atoms with Crippen molar-refractivity contribution in [3.05, 3.63) is 83.4 Å². The Kier molecular flexibility index (Phi) is 4.24. The first-order valence-corrected chi connectivity index (χ1v) is 7.44. The summed E-state index contributed by atoms with van der Waals surface area (Å²) in [6.45, 7) is 4.05. The molecule has 0 aliphatic rings. The molecule has 0 amide bonds. The Labute approximate surface area is 135 Å². The van der Waals surface area contributed by atoms with Crippen LogP contribution in [0.5, 0.6) is 0 Å². The van der Waals surface area contributed by atoms with Gasteiger partial charge in [-0.1, -0.05) is 18.2 Å². The quantitative estimate of drug-likeness (QED) is 0.550. The number of para-hydroxylation sites is 1. The van der Waals surface area contributed by atoms with Crippen LogP contribution in [0.1, 0.15) is 17.0 Å². The van der Waals surface area contributed by atoms with Crippen LogP contribution in [0.4, 0.5) is 10.1 Å². The van der Waals surface area contributed by atoms with Crippen LogP contribution in [0.3, 0.4) is 0 Å². The van der Waals surface area contributed by atoms with E-state index in [0.29, 0.717) is 0 Å². The average Bonchev–Trinajstić information content (AvgIpc) is 2.84. The Hall–Kier alpha value is -2.88. The zero-order valence-electron chi connectivity index (χ0n) is 13.1. The highest BCUT2D eigenvalue weighted by Gasteiger charge is 2.09. The number of aryl methyl sites for hydroxylation is 1. The molecule has 0 fully saturated rings. The number of nitrogens with one attached hydrogen (secondary N) is 1. The lowest BCUT2D eigenvalue weighted by Gasteiger charge is -2.09. The van der Waals surface area contributed by atoms with E-state index in [1.807, 2.05) is 44.2 Å². The molecule has 0 aliphatic carbocycles. The van der Waals surface area contributed by atoms with Crippen LogP contribution in [-0.2, 0) is 0 Å². The van der Waals surface area contributed by atoms with Gasteiger partial charge in [-0.25, -0.2) is 4.39 Å². The second kappa shape index (κ2) is 6.48. The molecule has 1 heterocycles. The minimum absolute atomic E-state index is 0.231. The maximum Gasteiger partial charge on any atom is 0.123 e. The standard InChI is InChI=1S/C19H18FN3/c1-14-12-16(13-21-22-18-6-4-3-5-7-18)15(2)23(14)19-10-8-17(20)9-11-19/h3-13,22H,1-2H3/b21-13-. The zero-order valence-corrected chi connectivity index (χ0v) is 13.1. The van der Waals surface area contributed by atoms with E-state index in [2.05, 4.69) is 21.2 Å². The molecule has 3 aromatic rings. The highest BCUT2D eigenvalue weighted by molar-refractivity contribution is 5.82. The summed E-state index contributed by atoms with van der Waals surface area (Å²) in [4.78, 5) is 0. The monoisotopic (exact) mass is 307 g/mol. The number of hydrogen-bond acceptors (Lipinski definition) is 2. The Morgan fingerprint density at radius 3 is 2.39 bits per heavy atom. The molecule has 4 heteroatoms. The van der Waals surface area contributed by atoms with Crippen molar-refractivity contribution in [3.63, 3.8) is 0 Å². The van der Waals surface area contributed by atoms with Gasteiger partial charge < -0.3 is 4.57 Å². The van der Waals surface area contributed by atoms with Crippen molar-refractivity contribution < 1.29 is 4.39 Å². The molecule has 0 atom stereocenters. The molecule has 0 saturated carbocycles. The van der Waals surface area contributed by atoms with Crippen LogP contribution < -0.4 is 5.43 Å². The number of aromatic nitrogens is 1. The number of halogens is 1. The van der Waals surface area contributed by atoms with Gasteiger partial charge in [-0.05, 0) is 56.3 Å². The van der Waals surface area contributed by atoms with E-state index in [9.17, 15) is 4.39 Å². The van der Waals surface area contributed by atoms with Crippen LogP contribution in [0.25, 0.3) is 5.69 Å². The molecule has 1 N–H and O–H groups in total. The molecule has 0 bridgehead atoms. The largest absolute Gasteiger partial charge is 0.318 e. The topological polar surface area (TPSA) is 29.3 Å². The fraction of sp³-hybridized carbons (Fsp3) is 0.105. The predicted octanol–water partition coefficient (Wildman–Crippen LogP) is 4.68. The Morgan fingerprint density at radius 2 is 1.70 bits per heavy atom. The van der Waals surface area contributed by atoms with E-state index < -0.39 is 0 Å². The van der Waals surface area contributed by atoms with Gasteiger partial charge in [0, 0.05) is 22.6 Å². The minimum atomic E-state index is -0.231. The summed E-state index contributed by atoms with van der Waals surface area (Å²) in [5.74, 6) is -0.231. The molecule has 116 valence electrons. The summed E-state index contributed by atoms with van der Waals surface area (Å²) in [5, 5.41) is 4.29. The molecule has 0 radical (unpaired) electrons. The molecule has 1 aromatic heterocycles. The maximum atomic E-state index is 13.1. The van der Waals surface area contributed by atoms with Crippen molar-refractivity contribution in [2.45, 2.75) is 13.8 Å². The predicted molar refractivity (Wildman–Crippen MR) is 92.9 cm³/mol. The summed E-state index contributed by atoms with van der Waals surface area (Å²) in [5.41, 5.74) is 8.05. The van der Waals surface area contributed by atoms with Gasteiger partial charge in [0.1, 0.15) is 5.82 Å². The normalized spacial score (nSPS) is 11.1. The Bertz CT molecular complexity index is 818. The Morgan fingerprint density at radius 1 is 1.00 bits per heavy atom. The van der Waals surface area contributed by atoms with Crippen LogP contribution in [0, 0.1) is 19.7 Å². The molecular formula is C19H18FN3. The van der Waals surface area contributed by atoms with E-state index in [1.165, 1.54) is 12.1 Å². The van der Waals surface area contributed by atoms with Crippen LogP contribution in [-0.4, -0.2) is 10.8 Å². The second-order valence-corrected chi connectivity index (χ2v) is 5.37. The lowest BCUT2D eigenvalue weighted by molar-refractivity contribution is 0.627. The molecule has 0 saturated heterocycles. The first-order chi connectivity index (χ1) is 11.1. The molecule has 2 aromatic carbocycles. The lowest BCUT2D eigenvalue weighted by atomic mass is 10.2. The van der Waals surface area contributed by atoms with E-state index >= 15 is 0 Å². The third-order valence-corrected chi connectivity index (χ3v) is 3.73. The number of rotatable bonds is 4. The average molecular weight is 307 g/mol. The molecule has 3 nitrogen and oxygen atoms in total. The smallest absolute Gasteiger partial charge is 0.123 e. The molecule has 0 spiro atoms. The fourth-order valence-electron chi connectivity index (χ4n) is 2.59. The van der Waals surface area contributed by atoms with Gasteiger partial charge in [0.25, 0.3) is 0 Å². The van der Waals surface area contributed by atoms with Crippen molar-refractivity contribution in [1.29, 1.82) is 0 Å². The van der Waals surface area contributed by atoms with Gasteiger partial charge >= 0.3 is 0 Å². The first kappa shape index (κ1) is 15.0. The third kappa shape index (κ3) is 3.31. The van der Waals surface area contributed by atoms with Crippen molar-refractivity contribution in [3.8, 4) is 5.69 Å². The number of benzene rings is 2. The van der Waals surface area contributed by atoms with Gasteiger partial charge in [0.15, 0.2) is 0 Å². The van der Waals surface area contributed by atoms with E-state index in [4.69, 9.17) is 0 Å². The molecule has 23 heavy (non-hydrogen) atoms. The number of hydrazone groups is 1. The Balaban J connectivity index is 1.84. The fourth-order valence-corrected chi connectivity index (χ4v) is 2.59. The third-order valence-electron chi connectivity index (χ3n) is 3.73. The van der Waals surface area contributed by atoms with Gasteiger partial charge in [0.2, 0.25) is 0 Å². The molecular weight excluding hydrogens is 289 g/mol. The summed E-state index contributed by atoms with van der Waals surface area (Å²) < 4.78 is 15.2. The summed E-state index contributed by atoms with van der Waals surface area (Å²) in [6.07, 6.45) is 1.80. The molecule has 0 unspecified atom stereocenters. The summed E-state index contributed by atoms with van der Waals surface area (Å²) >= 11 is 0. The van der Waals surface area contributed by atoms with E-state index in [0.717, 1.165) is 28.3 Å². The minimum Gasteiger partial charge on any atom is -0.318 e. The maximum absolute atomic E-state index is 13.1. The number of hydrogen-bond donors (Lipinski definition) is 1. The van der Waals surface area contributed by atoms with Gasteiger partial charge in [-0.3, -0.25) is 5.43 Å². The van der Waals surface area contributed by atoms with Gasteiger partial charge in [-0.2, -0.15) is 5.10 Å². The highest BCUT2D eigenvalue weighted by Crippen LogP contribution is 2.20. The van der Waals surface area contributed by atoms with Crippen LogP contribution in [0.2, 0.25) is 0 Å². The summed E-state index contributed by atoms with van der Waals surface area (Å²) in [6, 6.07) is 18.4. The van der Waals surface area contributed by atoms with Crippen LogP contribution in [0.15, 0.2) is 65.8 Å². The SMILES string of the molecule is Cc1cc(/C=N\Nc2ccccc2)c(C)n1-c1ccc(F)cc1. The van der Waals surface area contributed by atoms with Crippen molar-refractivity contribution >= 4 is 11.9 Å². The zero-order chi connectivity index (χ0) is 16.2. The second-order valence-electron chi connectivity index (χ2n) is 5.37. The summed E-state index contributed by atoms with van der Waals surface area (Å²) in [7, 11) is 0. The van der Waals surface area contributed by atoms with Crippen molar-refractivity contribution in [1.82, 2.24) is 4.57 Å². The van der Waals surface area contributed by atoms with Crippen molar-refractivity contribution in [2.75, 3.05) is 5.43 Å². The van der Waals surface area contributed by atoms with Crippen molar-refractivity contribution in [2.24, 2.45) is 5.10 Å². The van der Waals surface area contributed by atoms with Gasteiger partial charge in [0.05, 0.1) is 11.9 Å². The lowest BCUT2D eigenvalue weighted by Crippen LogP contribution is -1.99.